The van der Waals surface area contributed by atoms with E-state index in [0.717, 1.165) is 38.5 Å². The molecule has 1 atom stereocenters. The standard InChI is InChI=1S/C13H22O3/c1-2-12(14)10-8-6-4-3-5-7-9-11-13(15)16/h3-4,9,11-12,14H,2,5-8,10H2,1H3,(H,15,16). The minimum atomic E-state index is -0.891. The van der Waals surface area contributed by atoms with E-state index in [2.05, 4.69) is 12.2 Å². The van der Waals surface area contributed by atoms with Gasteiger partial charge in [-0.15, -0.1) is 0 Å². The van der Waals surface area contributed by atoms with Crippen LogP contribution in [0.5, 0.6) is 0 Å². The number of hydrogen-bond acceptors (Lipinski definition) is 2. The first kappa shape index (κ1) is 14.9. The second-order valence-corrected chi connectivity index (χ2v) is 3.78. The van der Waals surface area contributed by atoms with Gasteiger partial charge in [0, 0.05) is 6.08 Å². The zero-order valence-corrected chi connectivity index (χ0v) is 9.93. The third kappa shape index (κ3) is 11.0. The summed E-state index contributed by atoms with van der Waals surface area (Å²) in [5.41, 5.74) is 0. The van der Waals surface area contributed by atoms with Crippen LogP contribution >= 0.6 is 0 Å². The lowest BCUT2D eigenvalue weighted by Crippen LogP contribution is -2.02. The fraction of sp³-hybridized carbons (Fsp3) is 0.615. The average Bonchev–Trinajstić information content (AvgIpc) is 2.26. The maximum atomic E-state index is 10.1. The highest BCUT2D eigenvalue weighted by Crippen LogP contribution is 2.05. The van der Waals surface area contributed by atoms with Crippen molar-refractivity contribution < 1.29 is 15.0 Å². The van der Waals surface area contributed by atoms with Gasteiger partial charge in [0.15, 0.2) is 0 Å². The van der Waals surface area contributed by atoms with E-state index < -0.39 is 5.97 Å². The smallest absolute Gasteiger partial charge is 0.327 e. The number of carboxylic acid groups (broad SMARTS) is 1. The molecule has 3 nitrogen and oxygen atoms in total. The van der Waals surface area contributed by atoms with Gasteiger partial charge in [-0.25, -0.2) is 4.79 Å². The number of carboxylic acids is 1. The molecule has 0 spiro atoms. The number of carbonyl (C=O) groups is 1. The molecule has 0 aliphatic rings. The van der Waals surface area contributed by atoms with Gasteiger partial charge >= 0.3 is 5.97 Å². The molecule has 0 saturated heterocycles. The van der Waals surface area contributed by atoms with E-state index in [9.17, 15) is 9.90 Å². The van der Waals surface area contributed by atoms with E-state index in [1.165, 1.54) is 6.08 Å². The molecule has 0 aromatic heterocycles. The van der Waals surface area contributed by atoms with Crippen LogP contribution in [0.2, 0.25) is 0 Å². The van der Waals surface area contributed by atoms with Crippen molar-refractivity contribution in [3.8, 4) is 0 Å². The van der Waals surface area contributed by atoms with E-state index in [1.54, 1.807) is 6.08 Å². The Morgan fingerprint density at radius 2 is 1.81 bits per heavy atom. The second kappa shape index (κ2) is 10.4. The van der Waals surface area contributed by atoms with Crippen LogP contribution in [0.1, 0.15) is 45.4 Å². The first-order valence-corrected chi connectivity index (χ1v) is 5.89. The highest BCUT2D eigenvalue weighted by molar-refractivity contribution is 5.79. The van der Waals surface area contributed by atoms with Crippen molar-refractivity contribution in [1.29, 1.82) is 0 Å². The minimum Gasteiger partial charge on any atom is -0.478 e. The van der Waals surface area contributed by atoms with E-state index in [-0.39, 0.29) is 6.10 Å². The summed E-state index contributed by atoms with van der Waals surface area (Å²) in [5.74, 6) is -0.891. The molecule has 0 saturated carbocycles. The monoisotopic (exact) mass is 226 g/mol. The third-order valence-corrected chi connectivity index (χ3v) is 2.31. The van der Waals surface area contributed by atoms with E-state index in [1.807, 2.05) is 6.92 Å². The summed E-state index contributed by atoms with van der Waals surface area (Å²) >= 11 is 0. The second-order valence-electron chi connectivity index (χ2n) is 3.78. The van der Waals surface area contributed by atoms with Gasteiger partial charge in [0.1, 0.15) is 0 Å². The maximum absolute atomic E-state index is 10.1. The minimum absolute atomic E-state index is 0.160. The molecule has 0 rings (SSSR count). The Hall–Kier alpha value is -1.09. The number of rotatable bonds is 9. The van der Waals surface area contributed by atoms with Crippen molar-refractivity contribution in [2.75, 3.05) is 0 Å². The van der Waals surface area contributed by atoms with Gasteiger partial charge in [-0.2, -0.15) is 0 Å². The van der Waals surface area contributed by atoms with Crippen LogP contribution in [0, 0.1) is 0 Å². The molecule has 0 fully saturated rings. The van der Waals surface area contributed by atoms with Crippen LogP contribution < -0.4 is 0 Å². The van der Waals surface area contributed by atoms with Crippen molar-refractivity contribution in [2.24, 2.45) is 0 Å². The molecule has 0 amide bonds. The lowest BCUT2D eigenvalue weighted by molar-refractivity contribution is -0.131. The van der Waals surface area contributed by atoms with Gasteiger partial charge in [0.25, 0.3) is 0 Å². The van der Waals surface area contributed by atoms with Gasteiger partial charge < -0.3 is 10.2 Å². The average molecular weight is 226 g/mol. The molecule has 2 N–H and O–H groups in total. The summed E-state index contributed by atoms with van der Waals surface area (Å²) in [4.78, 5) is 10.1. The molecule has 0 aliphatic heterocycles. The summed E-state index contributed by atoms with van der Waals surface area (Å²) in [6, 6.07) is 0. The molecule has 0 bridgehead atoms. The highest BCUT2D eigenvalue weighted by atomic mass is 16.4. The fourth-order valence-electron chi connectivity index (χ4n) is 1.29. The third-order valence-electron chi connectivity index (χ3n) is 2.31. The molecule has 92 valence electrons. The number of aliphatic hydroxyl groups is 1. The van der Waals surface area contributed by atoms with Crippen molar-refractivity contribution in [3.63, 3.8) is 0 Å². The summed E-state index contributed by atoms with van der Waals surface area (Å²) < 4.78 is 0. The first-order valence-electron chi connectivity index (χ1n) is 5.89. The van der Waals surface area contributed by atoms with Crippen LogP contribution in [-0.2, 0) is 4.79 Å². The zero-order valence-electron chi connectivity index (χ0n) is 9.93. The maximum Gasteiger partial charge on any atom is 0.327 e. The topological polar surface area (TPSA) is 57.5 Å². The van der Waals surface area contributed by atoms with Gasteiger partial charge in [-0.1, -0.05) is 25.2 Å². The van der Waals surface area contributed by atoms with E-state index in [0.29, 0.717) is 0 Å². The first-order chi connectivity index (χ1) is 7.66. The number of hydrogen-bond donors (Lipinski definition) is 2. The molecule has 3 heteroatoms. The predicted molar refractivity (Wildman–Crippen MR) is 65.3 cm³/mol. The normalized spacial score (nSPS) is 13.6. The molecule has 0 aromatic rings. The zero-order chi connectivity index (χ0) is 12.2. The van der Waals surface area contributed by atoms with Gasteiger partial charge in [-0.05, 0) is 38.5 Å². The summed E-state index contributed by atoms with van der Waals surface area (Å²) in [5, 5.41) is 17.6. The van der Waals surface area contributed by atoms with Crippen molar-refractivity contribution in [3.05, 3.63) is 24.3 Å². The van der Waals surface area contributed by atoms with Crippen molar-refractivity contribution in [2.45, 2.75) is 51.6 Å². The largest absolute Gasteiger partial charge is 0.478 e. The van der Waals surface area contributed by atoms with Crippen LogP contribution in [0.3, 0.4) is 0 Å². The Bertz CT molecular complexity index is 231. The predicted octanol–water partition coefficient (Wildman–Crippen LogP) is 2.90. The molecular formula is C13H22O3. The van der Waals surface area contributed by atoms with Crippen LogP contribution in [0.25, 0.3) is 0 Å². The number of allylic oxidation sites excluding steroid dienone is 3. The Morgan fingerprint density at radius 3 is 2.44 bits per heavy atom. The number of unbranched alkanes of at least 4 members (excludes halogenated alkanes) is 2. The quantitative estimate of drug-likeness (QED) is 0.361. The Labute approximate surface area is 97.5 Å². The number of aliphatic hydroxyl groups excluding tert-OH is 1. The SMILES string of the molecule is CCC(O)CCCC=CCCC=CC(=O)O. The van der Waals surface area contributed by atoms with Crippen LogP contribution in [0.15, 0.2) is 24.3 Å². The summed E-state index contributed by atoms with van der Waals surface area (Å²) in [6.45, 7) is 1.98. The summed E-state index contributed by atoms with van der Waals surface area (Å²) in [7, 11) is 0. The molecule has 1 unspecified atom stereocenters. The Morgan fingerprint density at radius 1 is 1.19 bits per heavy atom. The molecule has 0 aliphatic carbocycles. The molecule has 0 aromatic carbocycles. The van der Waals surface area contributed by atoms with E-state index in [4.69, 9.17) is 5.11 Å². The fourth-order valence-corrected chi connectivity index (χ4v) is 1.29. The van der Waals surface area contributed by atoms with Gasteiger partial charge in [0.2, 0.25) is 0 Å². The van der Waals surface area contributed by atoms with Crippen LogP contribution in [0.4, 0.5) is 0 Å². The number of aliphatic carboxylic acids is 1. The Balaban J connectivity index is 3.32. The molecular weight excluding hydrogens is 204 g/mol. The van der Waals surface area contributed by atoms with Crippen molar-refractivity contribution in [1.82, 2.24) is 0 Å². The summed E-state index contributed by atoms with van der Waals surface area (Å²) in [6.07, 6.45) is 12.1. The molecule has 16 heavy (non-hydrogen) atoms. The highest BCUT2D eigenvalue weighted by Gasteiger charge is 1.97. The molecule has 0 radical (unpaired) electrons. The lowest BCUT2D eigenvalue weighted by Gasteiger charge is -2.04. The lowest BCUT2D eigenvalue weighted by atomic mass is 10.1. The van der Waals surface area contributed by atoms with Crippen molar-refractivity contribution >= 4 is 5.97 Å². The van der Waals surface area contributed by atoms with Gasteiger partial charge in [0.05, 0.1) is 6.10 Å². The molecule has 0 heterocycles. The van der Waals surface area contributed by atoms with E-state index >= 15 is 0 Å². The van der Waals surface area contributed by atoms with Gasteiger partial charge in [-0.3, -0.25) is 0 Å². The van der Waals surface area contributed by atoms with Crippen LogP contribution in [-0.4, -0.2) is 22.3 Å². The Kier molecular flexibility index (Phi) is 9.72.